The van der Waals surface area contributed by atoms with Crippen LogP contribution in [0.3, 0.4) is 0 Å². The molecule has 0 aliphatic carbocycles. The zero-order chi connectivity index (χ0) is 17.5. The van der Waals surface area contributed by atoms with Crippen molar-refractivity contribution in [3.63, 3.8) is 0 Å². The van der Waals surface area contributed by atoms with Gasteiger partial charge in [-0.25, -0.2) is 0 Å². The molecular formula is C18H21BrN2O3. The van der Waals surface area contributed by atoms with E-state index in [1.54, 1.807) is 36.4 Å². The van der Waals surface area contributed by atoms with Crippen molar-refractivity contribution < 1.29 is 14.0 Å². The number of anilines is 1. The number of amides is 2. The van der Waals surface area contributed by atoms with Gasteiger partial charge in [-0.2, -0.15) is 0 Å². The van der Waals surface area contributed by atoms with Gasteiger partial charge in [-0.05, 0) is 65.2 Å². The van der Waals surface area contributed by atoms with Crippen LogP contribution >= 0.6 is 15.9 Å². The van der Waals surface area contributed by atoms with E-state index in [0.29, 0.717) is 15.9 Å². The fraction of sp³-hybridized carbons (Fsp3) is 0.333. The number of halogens is 1. The van der Waals surface area contributed by atoms with E-state index < -0.39 is 0 Å². The van der Waals surface area contributed by atoms with E-state index in [0.717, 1.165) is 25.9 Å². The number of rotatable bonds is 7. The molecule has 0 saturated carbocycles. The molecule has 2 rings (SSSR count). The lowest BCUT2D eigenvalue weighted by Gasteiger charge is -2.21. The summed E-state index contributed by atoms with van der Waals surface area (Å²) in [7, 11) is 0. The number of nitrogens with one attached hydrogen (secondary N) is 1. The van der Waals surface area contributed by atoms with Gasteiger partial charge in [0.1, 0.15) is 0 Å². The van der Waals surface area contributed by atoms with Crippen LogP contribution in [0.15, 0.2) is 45.5 Å². The molecule has 0 radical (unpaired) electrons. The quantitative estimate of drug-likeness (QED) is 0.750. The summed E-state index contributed by atoms with van der Waals surface area (Å²) in [4.78, 5) is 26.4. The summed E-state index contributed by atoms with van der Waals surface area (Å²) in [6.45, 7) is 5.61. The number of furan rings is 1. The predicted octanol–water partition coefficient (Wildman–Crippen LogP) is 4.56. The summed E-state index contributed by atoms with van der Waals surface area (Å²) >= 11 is 3.16. The van der Waals surface area contributed by atoms with Gasteiger partial charge in [0.2, 0.25) is 0 Å². The third-order valence-corrected chi connectivity index (χ3v) is 3.89. The van der Waals surface area contributed by atoms with Gasteiger partial charge >= 0.3 is 0 Å². The first kappa shape index (κ1) is 18.3. The van der Waals surface area contributed by atoms with Gasteiger partial charge < -0.3 is 14.6 Å². The Morgan fingerprint density at radius 3 is 2.17 bits per heavy atom. The van der Waals surface area contributed by atoms with E-state index >= 15 is 0 Å². The molecule has 1 N–H and O–H groups in total. The van der Waals surface area contributed by atoms with Crippen molar-refractivity contribution in [1.29, 1.82) is 0 Å². The van der Waals surface area contributed by atoms with Crippen molar-refractivity contribution in [2.24, 2.45) is 0 Å². The van der Waals surface area contributed by atoms with Crippen LogP contribution in [0.25, 0.3) is 0 Å². The van der Waals surface area contributed by atoms with E-state index in [2.05, 4.69) is 35.1 Å². The molecule has 2 amide bonds. The van der Waals surface area contributed by atoms with Crippen molar-refractivity contribution in [3.05, 3.63) is 52.4 Å². The third-order valence-electron chi connectivity index (χ3n) is 3.46. The molecular weight excluding hydrogens is 372 g/mol. The van der Waals surface area contributed by atoms with Gasteiger partial charge in [0.15, 0.2) is 10.4 Å². The maximum atomic E-state index is 12.5. The molecule has 24 heavy (non-hydrogen) atoms. The van der Waals surface area contributed by atoms with Gasteiger partial charge in [0.05, 0.1) is 0 Å². The number of carbonyl (C=O) groups excluding carboxylic acids is 2. The second-order valence-corrected chi connectivity index (χ2v) is 6.21. The molecule has 0 bridgehead atoms. The van der Waals surface area contributed by atoms with E-state index in [1.165, 1.54) is 0 Å². The highest BCUT2D eigenvalue weighted by Crippen LogP contribution is 2.17. The molecule has 0 fully saturated rings. The summed E-state index contributed by atoms with van der Waals surface area (Å²) in [5.41, 5.74) is 1.23. The highest BCUT2D eigenvalue weighted by Gasteiger charge is 2.15. The highest BCUT2D eigenvalue weighted by molar-refractivity contribution is 9.10. The normalized spacial score (nSPS) is 10.5. The molecule has 0 saturated heterocycles. The SMILES string of the molecule is CCCN(CCC)C(=O)c1ccc(NC(=O)c2ccc(Br)o2)cc1. The predicted molar refractivity (Wildman–Crippen MR) is 97.3 cm³/mol. The molecule has 0 aliphatic heterocycles. The molecule has 2 aromatic rings. The maximum absolute atomic E-state index is 12.5. The van der Waals surface area contributed by atoms with Crippen molar-refractivity contribution in [2.45, 2.75) is 26.7 Å². The number of nitrogens with zero attached hydrogens (tertiary/aromatic N) is 1. The molecule has 0 spiro atoms. The molecule has 0 atom stereocenters. The minimum Gasteiger partial charge on any atom is -0.444 e. The van der Waals surface area contributed by atoms with Gasteiger partial charge in [-0.1, -0.05) is 13.8 Å². The van der Waals surface area contributed by atoms with Crippen LogP contribution in [0, 0.1) is 0 Å². The Kier molecular flexibility index (Phi) is 6.61. The zero-order valence-electron chi connectivity index (χ0n) is 13.8. The van der Waals surface area contributed by atoms with Gasteiger partial charge in [0.25, 0.3) is 11.8 Å². The Hall–Kier alpha value is -2.08. The van der Waals surface area contributed by atoms with Crippen LogP contribution in [-0.4, -0.2) is 29.8 Å². The number of carbonyl (C=O) groups is 2. The lowest BCUT2D eigenvalue weighted by atomic mass is 10.1. The van der Waals surface area contributed by atoms with E-state index in [4.69, 9.17) is 4.42 Å². The summed E-state index contributed by atoms with van der Waals surface area (Å²) in [5, 5.41) is 2.74. The van der Waals surface area contributed by atoms with Crippen molar-refractivity contribution in [1.82, 2.24) is 4.90 Å². The topological polar surface area (TPSA) is 62.6 Å². The maximum Gasteiger partial charge on any atom is 0.291 e. The number of benzene rings is 1. The van der Waals surface area contributed by atoms with Gasteiger partial charge in [0, 0.05) is 24.3 Å². The molecule has 128 valence electrons. The van der Waals surface area contributed by atoms with Crippen molar-refractivity contribution in [3.8, 4) is 0 Å². The number of hydrogen-bond donors (Lipinski definition) is 1. The lowest BCUT2D eigenvalue weighted by Crippen LogP contribution is -2.32. The second-order valence-electron chi connectivity index (χ2n) is 5.43. The standard InChI is InChI=1S/C18H21BrN2O3/c1-3-11-21(12-4-2)18(23)13-5-7-14(8-6-13)20-17(22)15-9-10-16(19)24-15/h5-10H,3-4,11-12H2,1-2H3,(H,20,22). The molecule has 0 unspecified atom stereocenters. The molecule has 0 aliphatic rings. The van der Waals surface area contributed by atoms with Crippen molar-refractivity contribution >= 4 is 33.4 Å². The molecule has 5 nitrogen and oxygen atoms in total. The highest BCUT2D eigenvalue weighted by atomic mass is 79.9. The van der Waals surface area contributed by atoms with Crippen LogP contribution in [-0.2, 0) is 0 Å². The second kappa shape index (κ2) is 8.68. The average Bonchev–Trinajstić information content (AvgIpc) is 3.01. The molecule has 1 aromatic heterocycles. The fourth-order valence-electron chi connectivity index (χ4n) is 2.36. The Bertz CT molecular complexity index is 689. The largest absolute Gasteiger partial charge is 0.444 e. The van der Waals surface area contributed by atoms with Crippen LogP contribution < -0.4 is 5.32 Å². The first-order chi connectivity index (χ1) is 11.5. The first-order valence-electron chi connectivity index (χ1n) is 8.01. The Balaban J connectivity index is 2.04. The van der Waals surface area contributed by atoms with Crippen LogP contribution in [0.4, 0.5) is 5.69 Å². The minimum atomic E-state index is -0.335. The summed E-state index contributed by atoms with van der Waals surface area (Å²) in [6, 6.07) is 10.2. The zero-order valence-corrected chi connectivity index (χ0v) is 15.4. The average molecular weight is 393 g/mol. The molecule has 1 heterocycles. The lowest BCUT2D eigenvalue weighted by molar-refractivity contribution is 0.0755. The van der Waals surface area contributed by atoms with E-state index in [9.17, 15) is 9.59 Å². The molecule has 1 aromatic carbocycles. The van der Waals surface area contributed by atoms with E-state index in [-0.39, 0.29) is 17.6 Å². The van der Waals surface area contributed by atoms with Crippen LogP contribution in [0.2, 0.25) is 0 Å². The summed E-state index contributed by atoms with van der Waals surface area (Å²) < 4.78 is 5.71. The Labute approximate surface area is 150 Å². The van der Waals surface area contributed by atoms with Crippen LogP contribution in [0.5, 0.6) is 0 Å². The van der Waals surface area contributed by atoms with Gasteiger partial charge in [-0.3, -0.25) is 9.59 Å². The smallest absolute Gasteiger partial charge is 0.291 e. The summed E-state index contributed by atoms with van der Waals surface area (Å²) in [6.07, 6.45) is 1.86. The third kappa shape index (κ3) is 4.71. The Morgan fingerprint density at radius 2 is 1.67 bits per heavy atom. The first-order valence-corrected chi connectivity index (χ1v) is 8.80. The Morgan fingerprint density at radius 1 is 1.04 bits per heavy atom. The van der Waals surface area contributed by atoms with Crippen molar-refractivity contribution in [2.75, 3.05) is 18.4 Å². The molecule has 6 heteroatoms. The minimum absolute atomic E-state index is 0.0199. The summed E-state index contributed by atoms with van der Waals surface area (Å²) in [5.74, 6) is -0.0935. The van der Waals surface area contributed by atoms with Crippen LogP contribution in [0.1, 0.15) is 47.6 Å². The monoisotopic (exact) mass is 392 g/mol. The van der Waals surface area contributed by atoms with Gasteiger partial charge in [-0.15, -0.1) is 0 Å². The fourth-order valence-corrected chi connectivity index (χ4v) is 2.67. The van der Waals surface area contributed by atoms with E-state index in [1.807, 2.05) is 4.90 Å². The number of hydrogen-bond acceptors (Lipinski definition) is 3.